The van der Waals surface area contributed by atoms with Gasteiger partial charge >= 0.3 is 0 Å². The lowest BCUT2D eigenvalue weighted by Crippen LogP contribution is -2.28. The van der Waals surface area contributed by atoms with Crippen molar-refractivity contribution in [1.29, 1.82) is 0 Å². The van der Waals surface area contributed by atoms with Crippen LogP contribution in [0.1, 0.15) is 41.2 Å². The van der Waals surface area contributed by atoms with Gasteiger partial charge in [0.25, 0.3) is 0 Å². The Morgan fingerprint density at radius 2 is 0.763 bits per heavy atom. The van der Waals surface area contributed by atoms with E-state index in [0.717, 1.165) is 40.2 Å². The van der Waals surface area contributed by atoms with Gasteiger partial charge in [0.15, 0.2) is 0 Å². The van der Waals surface area contributed by atoms with E-state index in [-0.39, 0.29) is 11.5 Å². The van der Waals surface area contributed by atoms with Crippen LogP contribution in [-0.4, -0.2) is 10.2 Å². The highest BCUT2D eigenvalue weighted by atomic mass is 16.3. The highest BCUT2D eigenvalue weighted by Crippen LogP contribution is 2.44. The normalized spacial score (nSPS) is 11.3. The van der Waals surface area contributed by atoms with Gasteiger partial charge in [-0.05, 0) is 97.6 Å². The number of hydrogen-bond acceptors (Lipinski definition) is 3. The minimum absolute atomic E-state index is 0.242. The summed E-state index contributed by atoms with van der Waals surface area (Å²) in [5, 5.41) is 20.0. The predicted octanol–water partition coefficient (Wildman–Crippen LogP) is 8.93. The van der Waals surface area contributed by atoms with Crippen molar-refractivity contribution in [3.8, 4) is 11.5 Å². The average Bonchev–Trinajstić information content (AvgIpc) is 2.94. The number of benzene rings is 5. The number of rotatable bonds is 7. The molecule has 0 amide bonds. The number of nitrogens with zero attached hydrogens (tertiary/aromatic N) is 1. The molecule has 190 valence electrons. The summed E-state index contributed by atoms with van der Waals surface area (Å²) in [5.74, 6) is 0.485. The Morgan fingerprint density at radius 1 is 0.474 bits per heavy atom. The first kappa shape index (κ1) is 25.2. The Hall–Kier alpha value is -4.50. The number of hydrogen-bond donors (Lipinski definition) is 2. The minimum atomic E-state index is -0.446. The molecule has 0 fully saturated rings. The van der Waals surface area contributed by atoms with Crippen molar-refractivity contribution in [3.05, 3.63) is 149 Å². The standard InChI is InChI=1S/C35H33NO2/c1-4-35(28-11-21-33(37)22-12-28,29-13-23-34(38)24-14-29)27-9-19-32(20-10-27)36(30-15-5-25(2)6-16-30)31-17-7-26(3)8-18-31/h5-24,37-38H,4H2,1-3H3. The van der Waals surface area contributed by atoms with Crippen molar-refractivity contribution < 1.29 is 10.2 Å². The van der Waals surface area contributed by atoms with Crippen LogP contribution in [0.2, 0.25) is 0 Å². The first-order valence-corrected chi connectivity index (χ1v) is 13.0. The molecule has 0 spiro atoms. The maximum Gasteiger partial charge on any atom is 0.115 e. The van der Waals surface area contributed by atoms with Crippen molar-refractivity contribution in [2.24, 2.45) is 0 Å². The topological polar surface area (TPSA) is 43.7 Å². The van der Waals surface area contributed by atoms with Crippen LogP contribution in [0.15, 0.2) is 121 Å². The van der Waals surface area contributed by atoms with Crippen molar-refractivity contribution in [2.75, 3.05) is 4.90 Å². The maximum atomic E-state index is 9.98. The highest BCUT2D eigenvalue weighted by Gasteiger charge is 2.35. The van der Waals surface area contributed by atoms with Crippen molar-refractivity contribution in [2.45, 2.75) is 32.6 Å². The van der Waals surface area contributed by atoms with E-state index in [1.165, 1.54) is 11.1 Å². The molecule has 0 saturated carbocycles. The molecule has 0 aromatic heterocycles. The van der Waals surface area contributed by atoms with E-state index >= 15 is 0 Å². The zero-order valence-electron chi connectivity index (χ0n) is 22.1. The van der Waals surface area contributed by atoms with Gasteiger partial charge in [0.2, 0.25) is 0 Å². The summed E-state index contributed by atoms with van der Waals surface area (Å²) in [6.07, 6.45) is 0.807. The Kier molecular flexibility index (Phi) is 6.93. The van der Waals surface area contributed by atoms with Gasteiger partial charge in [-0.15, -0.1) is 0 Å². The Morgan fingerprint density at radius 3 is 1.08 bits per heavy atom. The van der Waals surface area contributed by atoms with E-state index in [2.05, 4.69) is 98.5 Å². The summed E-state index contributed by atoms with van der Waals surface area (Å²) in [6, 6.07) is 40.9. The third kappa shape index (κ3) is 4.76. The predicted molar refractivity (Wildman–Crippen MR) is 157 cm³/mol. The quantitative estimate of drug-likeness (QED) is 0.220. The molecule has 3 heteroatoms. The maximum absolute atomic E-state index is 9.98. The molecule has 0 atom stereocenters. The van der Waals surface area contributed by atoms with E-state index in [1.54, 1.807) is 24.3 Å². The van der Waals surface area contributed by atoms with E-state index in [4.69, 9.17) is 0 Å². The number of phenols is 2. The first-order chi connectivity index (χ1) is 18.4. The fourth-order valence-electron chi connectivity index (χ4n) is 5.33. The smallest absolute Gasteiger partial charge is 0.115 e. The molecule has 0 aliphatic heterocycles. The Labute approximate surface area is 225 Å². The molecule has 0 saturated heterocycles. The van der Waals surface area contributed by atoms with Crippen LogP contribution >= 0.6 is 0 Å². The number of aryl methyl sites for hydroxylation is 2. The first-order valence-electron chi connectivity index (χ1n) is 13.0. The van der Waals surface area contributed by atoms with Gasteiger partial charge in [0.1, 0.15) is 11.5 Å². The third-order valence-electron chi connectivity index (χ3n) is 7.45. The van der Waals surface area contributed by atoms with Gasteiger partial charge in [-0.25, -0.2) is 0 Å². The largest absolute Gasteiger partial charge is 0.508 e. The van der Waals surface area contributed by atoms with Gasteiger partial charge in [0.05, 0.1) is 0 Å². The molecule has 0 bridgehead atoms. The number of phenolic OH excluding ortho intramolecular Hbond substituents is 2. The Balaban J connectivity index is 1.64. The average molecular weight is 500 g/mol. The van der Waals surface area contributed by atoms with Crippen LogP contribution in [0.25, 0.3) is 0 Å². The fourth-order valence-corrected chi connectivity index (χ4v) is 5.33. The van der Waals surface area contributed by atoms with E-state index < -0.39 is 5.41 Å². The summed E-state index contributed by atoms with van der Waals surface area (Å²) >= 11 is 0. The lowest BCUT2D eigenvalue weighted by molar-refractivity contribution is 0.473. The molecule has 0 aliphatic rings. The van der Waals surface area contributed by atoms with Crippen molar-refractivity contribution >= 4 is 17.1 Å². The zero-order chi connectivity index (χ0) is 26.7. The van der Waals surface area contributed by atoms with Crippen LogP contribution in [0.5, 0.6) is 11.5 Å². The second-order valence-corrected chi connectivity index (χ2v) is 9.91. The van der Waals surface area contributed by atoms with Crippen LogP contribution in [0, 0.1) is 13.8 Å². The van der Waals surface area contributed by atoms with E-state index in [1.807, 2.05) is 24.3 Å². The molecule has 0 aliphatic carbocycles. The van der Waals surface area contributed by atoms with Gasteiger partial charge in [-0.1, -0.05) is 78.7 Å². The second kappa shape index (κ2) is 10.5. The molecule has 3 nitrogen and oxygen atoms in total. The van der Waals surface area contributed by atoms with Crippen LogP contribution in [0.4, 0.5) is 17.1 Å². The van der Waals surface area contributed by atoms with Gasteiger partial charge in [-0.3, -0.25) is 0 Å². The summed E-state index contributed by atoms with van der Waals surface area (Å²) in [5.41, 5.74) is 8.61. The van der Waals surface area contributed by atoms with Crippen molar-refractivity contribution in [1.82, 2.24) is 0 Å². The van der Waals surface area contributed by atoms with Crippen molar-refractivity contribution in [3.63, 3.8) is 0 Å². The summed E-state index contributed by atoms with van der Waals surface area (Å²) < 4.78 is 0. The molecule has 2 N–H and O–H groups in total. The molecule has 5 aromatic carbocycles. The van der Waals surface area contributed by atoms with Crippen LogP contribution in [0.3, 0.4) is 0 Å². The lowest BCUT2D eigenvalue weighted by Gasteiger charge is -2.36. The van der Waals surface area contributed by atoms with Gasteiger partial charge < -0.3 is 15.1 Å². The van der Waals surface area contributed by atoms with E-state index in [0.29, 0.717) is 0 Å². The third-order valence-corrected chi connectivity index (χ3v) is 7.45. The second-order valence-electron chi connectivity index (χ2n) is 9.91. The molecular weight excluding hydrogens is 466 g/mol. The fraction of sp³-hybridized carbons (Fsp3) is 0.143. The molecule has 0 unspecified atom stereocenters. The molecule has 0 heterocycles. The monoisotopic (exact) mass is 499 g/mol. The Bertz CT molecular complexity index is 1390. The van der Waals surface area contributed by atoms with Crippen LogP contribution in [-0.2, 0) is 5.41 Å². The van der Waals surface area contributed by atoms with Crippen LogP contribution < -0.4 is 4.90 Å². The number of aromatic hydroxyl groups is 2. The zero-order valence-corrected chi connectivity index (χ0v) is 22.1. The molecule has 5 aromatic rings. The SMILES string of the molecule is CCC(c1ccc(O)cc1)(c1ccc(O)cc1)c1ccc(N(c2ccc(C)cc2)c2ccc(C)cc2)cc1. The molecule has 38 heavy (non-hydrogen) atoms. The van der Waals surface area contributed by atoms with Gasteiger partial charge in [-0.2, -0.15) is 0 Å². The minimum Gasteiger partial charge on any atom is -0.508 e. The lowest BCUT2D eigenvalue weighted by atomic mass is 9.67. The molecule has 0 radical (unpaired) electrons. The highest BCUT2D eigenvalue weighted by molar-refractivity contribution is 5.77. The summed E-state index contributed by atoms with van der Waals surface area (Å²) in [6.45, 7) is 6.39. The van der Waals surface area contributed by atoms with Gasteiger partial charge in [0, 0.05) is 22.5 Å². The van der Waals surface area contributed by atoms with E-state index in [9.17, 15) is 10.2 Å². The summed E-state index contributed by atoms with van der Waals surface area (Å²) in [4.78, 5) is 2.28. The molecular formula is C35H33NO2. The number of anilines is 3. The molecule has 5 rings (SSSR count). The summed E-state index contributed by atoms with van der Waals surface area (Å²) in [7, 11) is 0.